The molecule has 0 atom stereocenters. The van der Waals surface area contributed by atoms with Gasteiger partial charge in [-0.15, -0.1) is 0 Å². The van der Waals surface area contributed by atoms with Gasteiger partial charge in [0, 0.05) is 25.7 Å². The van der Waals surface area contributed by atoms with Crippen LogP contribution in [-0.2, 0) is 10.0 Å². The van der Waals surface area contributed by atoms with Gasteiger partial charge in [0.1, 0.15) is 10.6 Å². The topological polar surface area (TPSA) is 116 Å². The number of methoxy groups -OCH3 is 1. The molecule has 0 amide bonds. The van der Waals surface area contributed by atoms with E-state index in [2.05, 4.69) is 0 Å². The highest BCUT2D eigenvalue weighted by atomic mass is 32.2. The molecule has 0 saturated heterocycles. The van der Waals surface area contributed by atoms with Crippen molar-refractivity contribution in [3.8, 4) is 5.75 Å². The molecule has 0 heterocycles. The number of hydrogen-bond donors (Lipinski definition) is 1. The summed E-state index contributed by atoms with van der Waals surface area (Å²) in [6.45, 7) is 0.580. The third-order valence-corrected chi connectivity index (χ3v) is 4.60. The van der Waals surface area contributed by atoms with Crippen LogP contribution in [0.15, 0.2) is 23.1 Å². The maximum absolute atomic E-state index is 12.4. The second kappa shape index (κ2) is 6.64. The molecule has 0 radical (unpaired) electrons. The molecule has 20 heavy (non-hydrogen) atoms. The van der Waals surface area contributed by atoms with Crippen LogP contribution >= 0.6 is 0 Å². The van der Waals surface area contributed by atoms with E-state index >= 15 is 0 Å². The highest BCUT2D eigenvalue weighted by Gasteiger charge is 2.26. The molecule has 0 aliphatic carbocycles. The molecule has 0 aliphatic rings. The summed E-state index contributed by atoms with van der Waals surface area (Å²) in [7, 11) is -1.16. The summed E-state index contributed by atoms with van der Waals surface area (Å²) in [6, 6.07) is 3.45. The predicted molar refractivity (Wildman–Crippen MR) is 73.1 cm³/mol. The number of nitrogens with two attached hydrogens (primary N) is 1. The Hall–Kier alpha value is -1.71. The molecule has 1 rings (SSSR count). The Morgan fingerprint density at radius 2 is 2.10 bits per heavy atom. The van der Waals surface area contributed by atoms with Gasteiger partial charge >= 0.3 is 0 Å². The number of nitro groups is 1. The maximum Gasteiger partial charge on any atom is 0.271 e. The molecular weight excluding hydrogens is 286 g/mol. The second-order valence-electron chi connectivity index (χ2n) is 4.06. The lowest BCUT2D eigenvalue weighted by molar-refractivity contribution is -0.385. The first-order valence-electron chi connectivity index (χ1n) is 5.83. The number of nitrogens with zero attached hydrogens (tertiary/aromatic N) is 2. The Balaban J connectivity index is 3.27. The average molecular weight is 303 g/mol. The fraction of sp³-hybridized carbons (Fsp3) is 0.455. The van der Waals surface area contributed by atoms with E-state index in [1.54, 1.807) is 0 Å². The highest BCUT2D eigenvalue weighted by Crippen LogP contribution is 2.30. The van der Waals surface area contributed by atoms with Crippen LogP contribution in [0.3, 0.4) is 0 Å². The van der Waals surface area contributed by atoms with Gasteiger partial charge in [0.05, 0.1) is 12.0 Å². The number of hydrogen-bond acceptors (Lipinski definition) is 6. The van der Waals surface area contributed by atoms with Gasteiger partial charge in [-0.2, -0.15) is 0 Å². The van der Waals surface area contributed by atoms with Crippen LogP contribution in [0.4, 0.5) is 5.69 Å². The van der Waals surface area contributed by atoms with Gasteiger partial charge in [0.15, 0.2) is 0 Å². The summed E-state index contributed by atoms with van der Waals surface area (Å²) in [5, 5.41) is 10.8. The van der Waals surface area contributed by atoms with Crippen LogP contribution in [0.25, 0.3) is 0 Å². The number of nitro benzene ring substituents is 1. The van der Waals surface area contributed by atoms with Crippen LogP contribution in [0.5, 0.6) is 5.75 Å². The van der Waals surface area contributed by atoms with Crippen molar-refractivity contribution in [1.29, 1.82) is 0 Å². The van der Waals surface area contributed by atoms with Gasteiger partial charge in [-0.05, 0) is 19.0 Å². The average Bonchev–Trinajstić information content (AvgIpc) is 2.43. The largest absolute Gasteiger partial charge is 0.495 e. The van der Waals surface area contributed by atoms with Crippen molar-refractivity contribution in [1.82, 2.24) is 4.31 Å². The Bertz CT molecular complexity index is 588. The fourth-order valence-corrected chi connectivity index (χ4v) is 2.96. The Morgan fingerprint density at radius 3 is 2.60 bits per heavy atom. The number of sulfonamides is 1. The van der Waals surface area contributed by atoms with Crippen molar-refractivity contribution in [3.05, 3.63) is 28.3 Å². The Kier molecular flexibility index (Phi) is 5.43. The van der Waals surface area contributed by atoms with Gasteiger partial charge in [-0.3, -0.25) is 10.1 Å². The van der Waals surface area contributed by atoms with E-state index in [0.29, 0.717) is 13.0 Å². The Morgan fingerprint density at radius 1 is 1.45 bits per heavy atom. The minimum absolute atomic E-state index is 0.0650. The van der Waals surface area contributed by atoms with Gasteiger partial charge in [0.2, 0.25) is 10.0 Å². The molecule has 0 bridgehead atoms. The van der Waals surface area contributed by atoms with E-state index in [1.165, 1.54) is 26.3 Å². The molecular formula is C11H17N3O5S. The van der Waals surface area contributed by atoms with Gasteiger partial charge in [-0.1, -0.05) is 0 Å². The molecule has 0 aliphatic heterocycles. The molecule has 112 valence electrons. The fourth-order valence-electron chi connectivity index (χ4n) is 1.58. The van der Waals surface area contributed by atoms with Crippen LogP contribution in [0, 0.1) is 10.1 Å². The molecule has 0 saturated carbocycles. The smallest absolute Gasteiger partial charge is 0.271 e. The third-order valence-electron chi connectivity index (χ3n) is 2.72. The van der Waals surface area contributed by atoms with Crippen molar-refractivity contribution in [3.63, 3.8) is 0 Å². The summed E-state index contributed by atoms with van der Waals surface area (Å²) in [6.07, 6.45) is 0.493. The van der Waals surface area contributed by atoms with Gasteiger partial charge in [-0.25, -0.2) is 12.7 Å². The zero-order valence-electron chi connectivity index (χ0n) is 11.3. The molecule has 9 heteroatoms. The zero-order valence-corrected chi connectivity index (χ0v) is 12.1. The molecule has 1 aromatic carbocycles. The summed E-state index contributed by atoms with van der Waals surface area (Å²) in [5.74, 6) is 0.0650. The minimum atomic E-state index is -3.86. The van der Waals surface area contributed by atoms with Crippen molar-refractivity contribution in [2.24, 2.45) is 5.73 Å². The summed E-state index contributed by atoms with van der Waals surface area (Å²) in [5.41, 5.74) is 5.03. The predicted octanol–water partition coefficient (Wildman–Crippen LogP) is 0.573. The second-order valence-corrected chi connectivity index (χ2v) is 6.07. The maximum atomic E-state index is 12.4. The lowest BCUT2D eigenvalue weighted by atomic mass is 10.3. The highest BCUT2D eigenvalue weighted by molar-refractivity contribution is 7.89. The standard InChI is InChI=1S/C11H17N3O5S/c1-13(7-3-6-12)20(17,18)11-8-9(14(15)16)4-5-10(11)19-2/h4-5,8H,3,6-7,12H2,1-2H3. The number of non-ortho nitro benzene ring substituents is 1. The summed E-state index contributed by atoms with van der Waals surface area (Å²) in [4.78, 5) is 9.88. The van der Waals surface area contributed by atoms with Crippen molar-refractivity contribution < 1.29 is 18.1 Å². The van der Waals surface area contributed by atoms with E-state index in [9.17, 15) is 18.5 Å². The summed E-state index contributed by atoms with van der Waals surface area (Å²) >= 11 is 0. The normalized spacial score (nSPS) is 11.6. The lowest BCUT2D eigenvalue weighted by Gasteiger charge is -2.18. The zero-order chi connectivity index (χ0) is 15.3. The molecule has 1 aromatic rings. The molecule has 2 N–H and O–H groups in total. The molecule has 8 nitrogen and oxygen atoms in total. The van der Waals surface area contributed by atoms with Crippen LogP contribution in [0.1, 0.15) is 6.42 Å². The first-order chi connectivity index (χ1) is 9.34. The van der Waals surface area contributed by atoms with Gasteiger partial charge in [0.25, 0.3) is 5.69 Å². The molecule has 0 fully saturated rings. The summed E-state index contributed by atoms with van der Waals surface area (Å²) < 4.78 is 30.8. The van der Waals surface area contributed by atoms with Gasteiger partial charge < -0.3 is 10.5 Å². The van der Waals surface area contributed by atoms with E-state index < -0.39 is 14.9 Å². The van der Waals surface area contributed by atoms with Crippen LogP contribution in [-0.4, -0.2) is 44.9 Å². The lowest BCUT2D eigenvalue weighted by Crippen LogP contribution is -2.29. The number of ether oxygens (including phenoxy) is 1. The first kappa shape index (κ1) is 16.3. The molecule has 0 unspecified atom stereocenters. The van der Waals surface area contributed by atoms with Crippen molar-refractivity contribution in [2.75, 3.05) is 27.2 Å². The quantitative estimate of drug-likeness (QED) is 0.581. The van der Waals surface area contributed by atoms with E-state index in [-0.39, 0.29) is 22.9 Å². The molecule has 0 aromatic heterocycles. The van der Waals surface area contributed by atoms with E-state index in [4.69, 9.17) is 10.5 Å². The van der Waals surface area contributed by atoms with Crippen LogP contribution < -0.4 is 10.5 Å². The van der Waals surface area contributed by atoms with Crippen molar-refractivity contribution in [2.45, 2.75) is 11.3 Å². The number of rotatable bonds is 7. The van der Waals surface area contributed by atoms with E-state index in [0.717, 1.165) is 10.4 Å². The van der Waals surface area contributed by atoms with E-state index in [1.807, 2.05) is 0 Å². The minimum Gasteiger partial charge on any atom is -0.495 e. The Labute approximate surface area is 117 Å². The third kappa shape index (κ3) is 3.44. The van der Waals surface area contributed by atoms with Crippen LogP contribution in [0.2, 0.25) is 0 Å². The number of benzene rings is 1. The monoisotopic (exact) mass is 303 g/mol. The molecule has 0 spiro atoms. The first-order valence-corrected chi connectivity index (χ1v) is 7.27. The SMILES string of the molecule is COc1ccc([N+](=O)[O-])cc1S(=O)(=O)N(C)CCCN. The van der Waals surface area contributed by atoms with Crippen molar-refractivity contribution >= 4 is 15.7 Å².